The van der Waals surface area contributed by atoms with E-state index in [4.69, 9.17) is 0 Å². The van der Waals surface area contributed by atoms with Crippen molar-refractivity contribution in [3.05, 3.63) is 42.5 Å². The van der Waals surface area contributed by atoms with Gasteiger partial charge >= 0.3 is 0 Å². The molecule has 1 rings (SSSR count). The molecule has 1 nitrogen and oxygen atoms in total. The zero-order chi connectivity index (χ0) is 11.8. The van der Waals surface area contributed by atoms with Gasteiger partial charge in [-0.1, -0.05) is 63.6 Å². The van der Waals surface area contributed by atoms with Crippen LogP contribution in [0.2, 0.25) is 0 Å². The molecular formula is C15H23N. The van der Waals surface area contributed by atoms with Crippen LogP contribution in [0.1, 0.15) is 32.3 Å². The zero-order valence-electron chi connectivity index (χ0n) is 10.5. The molecule has 1 N–H and O–H groups in total. The molecule has 0 unspecified atom stereocenters. The van der Waals surface area contributed by atoms with E-state index in [9.17, 15) is 0 Å². The molecule has 0 aliphatic carbocycles. The van der Waals surface area contributed by atoms with Crippen LogP contribution < -0.4 is 5.32 Å². The minimum absolute atomic E-state index is 0.795. The van der Waals surface area contributed by atoms with E-state index in [0.717, 1.165) is 19.0 Å². The molecule has 1 aromatic carbocycles. The lowest BCUT2D eigenvalue weighted by Crippen LogP contribution is -2.23. The molecule has 0 aliphatic heterocycles. The average molecular weight is 217 g/mol. The summed E-state index contributed by atoms with van der Waals surface area (Å²) in [6.45, 7) is 10.6. The molecule has 0 bridgehead atoms. The van der Waals surface area contributed by atoms with E-state index < -0.39 is 0 Å². The van der Waals surface area contributed by atoms with Crippen LogP contribution in [-0.2, 0) is 0 Å². The van der Waals surface area contributed by atoms with Crippen molar-refractivity contribution in [2.45, 2.75) is 26.7 Å². The van der Waals surface area contributed by atoms with Crippen molar-refractivity contribution in [1.82, 2.24) is 5.32 Å². The van der Waals surface area contributed by atoms with Gasteiger partial charge in [-0.2, -0.15) is 0 Å². The number of hydrogen-bond donors (Lipinski definition) is 1. The maximum absolute atomic E-state index is 4.11. The lowest BCUT2D eigenvalue weighted by molar-refractivity contribution is 0.462. The fourth-order valence-electron chi connectivity index (χ4n) is 1.78. The van der Waals surface area contributed by atoms with Gasteiger partial charge in [0.05, 0.1) is 0 Å². The second kappa shape index (κ2) is 7.24. The molecule has 1 heteroatoms. The van der Waals surface area contributed by atoms with E-state index in [2.05, 4.69) is 50.0 Å². The molecule has 16 heavy (non-hydrogen) atoms. The summed E-state index contributed by atoms with van der Waals surface area (Å²) in [6, 6.07) is 10.4. The van der Waals surface area contributed by atoms with Crippen molar-refractivity contribution < 1.29 is 0 Å². The molecular weight excluding hydrogens is 194 g/mol. The SMILES string of the molecule is C=C(CNCC(CC)CC)c1ccccc1. The highest BCUT2D eigenvalue weighted by molar-refractivity contribution is 5.64. The molecule has 0 amide bonds. The predicted octanol–water partition coefficient (Wildman–Crippen LogP) is 3.73. The maximum Gasteiger partial charge on any atom is 0.0205 e. The molecule has 0 saturated carbocycles. The Morgan fingerprint density at radius 1 is 1.19 bits per heavy atom. The largest absolute Gasteiger partial charge is 0.312 e. The molecule has 0 spiro atoms. The van der Waals surface area contributed by atoms with Gasteiger partial charge in [0.2, 0.25) is 0 Å². The van der Waals surface area contributed by atoms with Crippen molar-refractivity contribution in [2.24, 2.45) is 5.92 Å². The summed E-state index contributed by atoms with van der Waals surface area (Å²) in [5.74, 6) is 0.795. The van der Waals surface area contributed by atoms with Gasteiger partial charge in [0.15, 0.2) is 0 Å². The highest BCUT2D eigenvalue weighted by atomic mass is 14.9. The van der Waals surface area contributed by atoms with Crippen LogP contribution in [-0.4, -0.2) is 13.1 Å². The highest BCUT2D eigenvalue weighted by Crippen LogP contribution is 2.11. The highest BCUT2D eigenvalue weighted by Gasteiger charge is 2.03. The molecule has 0 saturated heterocycles. The molecule has 0 heterocycles. The molecule has 0 aliphatic rings. The maximum atomic E-state index is 4.11. The first-order valence-electron chi connectivity index (χ1n) is 6.21. The summed E-state index contributed by atoms with van der Waals surface area (Å²) in [4.78, 5) is 0. The molecule has 0 radical (unpaired) electrons. The number of rotatable bonds is 7. The van der Waals surface area contributed by atoms with Crippen molar-refractivity contribution in [2.75, 3.05) is 13.1 Å². The van der Waals surface area contributed by atoms with Crippen LogP contribution in [0.15, 0.2) is 36.9 Å². The van der Waals surface area contributed by atoms with E-state index in [1.807, 2.05) is 6.07 Å². The first-order chi connectivity index (χ1) is 7.77. The van der Waals surface area contributed by atoms with E-state index in [0.29, 0.717) is 0 Å². The predicted molar refractivity (Wildman–Crippen MR) is 72.4 cm³/mol. The second-order valence-corrected chi connectivity index (χ2v) is 4.28. The van der Waals surface area contributed by atoms with Crippen LogP contribution in [0.3, 0.4) is 0 Å². The number of benzene rings is 1. The van der Waals surface area contributed by atoms with E-state index in [1.165, 1.54) is 24.0 Å². The second-order valence-electron chi connectivity index (χ2n) is 4.28. The number of nitrogens with one attached hydrogen (secondary N) is 1. The lowest BCUT2D eigenvalue weighted by Gasteiger charge is -2.14. The Labute approximate surface area is 99.6 Å². The van der Waals surface area contributed by atoms with Crippen molar-refractivity contribution >= 4 is 5.57 Å². The molecule has 0 fully saturated rings. The van der Waals surface area contributed by atoms with Gasteiger partial charge < -0.3 is 5.32 Å². The van der Waals surface area contributed by atoms with E-state index in [-0.39, 0.29) is 0 Å². The first-order valence-corrected chi connectivity index (χ1v) is 6.21. The quantitative estimate of drug-likeness (QED) is 0.734. The van der Waals surface area contributed by atoms with Gasteiger partial charge in [0.1, 0.15) is 0 Å². The van der Waals surface area contributed by atoms with Gasteiger partial charge in [-0.15, -0.1) is 0 Å². The monoisotopic (exact) mass is 217 g/mol. The van der Waals surface area contributed by atoms with Crippen molar-refractivity contribution in [1.29, 1.82) is 0 Å². The third kappa shape index (κ3) is 4.19. The molecule has 0 atom stereocenters. The fourth-order valence-corrected chi connectivity index (χ4v) is 1.78. The standard InChI is InChI=1S/C15H23N/c1-4-14(5-2)12-16-11-13(3)15-9-7-6-8-10-15/h6-10,14,16H,3-5,11-12H2,1-2H3. The van der Waals surface area contributed by atoms with Gasteiger partial charge in [-0.3, -0.25) is 0 Å². The van der Waals surface area contributed by atoms with Gasteiger partial charge in [0.25, 0.3) is 0 Å². The summed E-state index contributed by atoms with van der Waals surface area (Å²) in [5, 5.41) is 3.49. The average Bonchev–Trinajstić information content (AvgIpc) is 2.35. The first kappa shape index (κ1) is 13.0. The van der Waals surface area contributed by atoms with Crippen molar-refractivity contribution in [3.8, 4) is 0 Å². The van der Waals surface area contributed by atoms with Crippen LogP contribution in [0.5, 0.6) is 0 Å². The summed E-state index contributed by atoms with van der Waals surface area (Å²) >= 11 is 0. The van der Waals surface area contributed by atoms with Crippen LogP contribution in [0, 0.1) is 5.92 Å². The Balaban J connectivity index is 2.31. The Morgan fingerprint density at radius 3 is 2.38 bits per heavy atom. The molecule has 88 valence electrons. The Hall–Kier alpha value is -1.08. The van der Waals surface area contributed by atoms with E-state index >= 15 is 0 Å². The summed E-state index contributed by atoms with van der Waals surface area (Å²) in [6.07, 6.45) is 2.50. The summed E-state index contributed by atoms with van der Waals surface area (Å²) in [5.41, 5.74) is 2.41. The summed E-state index contributed by atoms with van der Waals surface area (Å²) in [7, 11) is 0. The van der Waals surface area contributed by atoms with Crippen LogP contribution >= 0.6 is 0 Å². The minimum atomic E-state index is 0.795. The Morgan fingerprint density at radius 2 is 1.81 bits per heavy atom. The third-order valence-electron chi connectivity index (χ3n) is 3.11. The number of hydrogen-bond acceptors (Lipinski definition) is 1. The van der Waals surface area contributed by atoms with Gasteiger partial charge in [0, 0.05) is 6.54 Å². The molecule has 1 aromatic rings. The van der Waals surface area contributed by atoms with Crippen molar-refractivity contribution in [3.63, 3.8) is 0 Å². The summed E-state index contributed by atoms with van der Waals surface area (Å²) < 4.78 is 0. The normalized spacial score (nSPS) is 10.7. The minimum Gasteiger partial charge on any atom is -0.312 e. The van der Waals surface area contributed by atoms with E-state index in [1.54, 1.807) is 0 Å². The Bertz CT molecular complexity index is 298. The van der Waals surface area contributed by atoms with Gasteiger partial charge in [-0.25, -0.2) is 0 Å². The topological polar surface area (TPSA) is 12.0 Å². The Kier molecular flexibility index (Phi) is 5.87. The third-order valence-corrected chi connectivity index (χ3v) is 3.11. The smallest absolute Gasteiger partial charge is 0.0205 e. The molecule has 0 aromatic heterocycles. The zero-order valence-corrected chi connectivity index (χ0v) is 10.5. The lowest BCUT2D eigenvalue weighted by atomic mass is 10.0. The van der Waals surface area contributed by atoms with Crippen LogP contribution in [0.25, 0.3) is 5.57 Å². The van der Waals surface area contributed by atoms with Gasteiger partial charge in [-0.05, 0) is 23.6 Å². The fraction of sp³-hybridized carbons (Fsp3) is 0.467. The van der Waals surface area contributed by atoms with Crippen LogP contribution in [0.4, 0.5) is 0 Å².